The molecule has 8 heteroatoms. The molecule has 0 unspecified atom stereocenters. The van der Waals surface area contributed by atoms with Crippen molar-refractivity contribution in [2.75, 3.05) is 45.9 Å². The van der Waals surface area contributed by atoms with Gasteiger partial charge in [-0.1, -0.05) is 11.6 Å². The lowest BCUT2D eigenvalue weighted by Crippen LogP contribution is -2.53. The molecule has 2 rings (SSSR count). The molecular formula is C17H24ClN3O4. The molecule has 1 saturated heterocycles. The number of carbonyl (C=O) groups is 2. The van der Waals surface area contributed by atoms with E-state index in [4.69, 9.17) is 21.1 Å². The van der Waals surface area contributed by atoms with Crippen molar-refractivity contribution in [2.24, 2.45) is 0 Å². The normalized spacial score (nSPS) is 14.2. The largest absolute Gasteiger partial charge is 0.492 e. The number of urea groups is 1. The number of benzene rings is 1. The highest BCUT2D eigenvalue weighted by Crippen LogP contribution is 2.20. The average molecular weight is 370 g/mol. The number of hydrogen-bond acceptors (Lipinski definition) is 4. The van der Waals surface area contributed by atoms with E-state index in [0.717, 1.165) is 11.3 Å². The molecule has 1 N–H and O–H groups in total. The fraction of sp³-hybridized carbons (Fsp3) is 0.529. The molecule has 0 radical (unpaired) electrons. The summed E-state index contributed by atoms with van der Waals surface area (Å²) < 4.78 is 10.6. The smallest absolute Gasteiger partial charge is 0.409 e. The predicted octanol–water partition coefficient (Wildman–Crippen LogP) is 2.51. The Morgan fingerprint density at radius 1 is 1.20 bits per heavy atom. The molecule has 0 spiro atoms. The van der Waals surface area contributed by atoms with Crippen molar-refractivity contribution in [1.82, 2.24) is 15.1 Å². The number of carbonyl (C=O) groups excluding carboxylic acids is 2. The van der Waals surface area contributed by atoms with Gasteiger partial charge >= 0.3 is 12.1 Å². The first-order valence-corrected chi connectivity index (χ1v) is 8.72. The number of aryl methyl sites for hydroxylation is 1. The predicted molar refractivity (Wildman–Crippen MR) is 95.3 cm³/mol. The Kier molecular flexibility index (Phi) is 7.18. The minimum Gasteiger partial charge on any atom is -0.492 e. The lowest BCUT2D eigenvalue weighted by atomic mass is 10.2. The number of nitrogens with one attached hydrogen (secondary N) is 1. The molecule has 0 bridgehead atoms. The number of halogens is 1. The summed E-state index contributed by atoms with van der Waals surface area (Å²) in [5, 5.41) is 3.52. The van der Waals surface area contributed by atoms with E-state index in [1.54, 1.807) is 28.9 Å². The summed E-state index contributed by atoms with van der Waals surface area (Å²) in [6.07, 6.45) is -0.325. The molecule has 1 heterocycles. The van der Waals surface area contributed by atoms with Crippen molar-refractivity contribution in [3.63, 3.8) is 0 Å². The van der Waals surface area contributed by atoms with Crippen LogP contribution in [0.25, 0.3) is 0 Å². The molecule has 1 aliphatic rings. The Morgan fingerprint density at radius 3 is 2.52 bits per heavy atom. The van der Waals surface area contributed by atoms with Crippen LogP contribution in [0, 0.1) is 6.92 Å². The minimum absolute atomic E-state index is 0.153. The lowest BCUT2D eigenvalue weighted by Gasteiger charge is -2.33. The summed E-state index contributed by atoms with van der Waals surface area (Å²) in [7, 11) is 0. The highest BCUT2D eigenvalue weighted by molar-refractivity contribution is 6.31. The van der Waals surface area contributed by atoms with Gasteiger partial charge in [0, 0.05) is 31.2 Å². The van der Waals surface area contributed by atoms with Crippen LogP contribution in [-0.4, -0.2) is 67.9 Å². The van der Waals surface area contributed by atoms with Crippen molar-refractivity contribution in [1.29, 1.82) is 0 Å². The van der Waals surface area contributed by atoms with Gasteiger partial charge in [-0.25, -0.2) is 9.59 Å². The number of rotatable bonds is 5. The van der Waals surface area contributed by atoms with Crippen molar-refractivity contribution in [2.45, 2.75) is 13.8 Å². The zero-order chi connectivity index (χ0) is 18.2. The monoisotopic (exact) mass is 369 g/mol. The molecule has 3 amide bonds. The van der Waals surface area contributed by atoms with E-state index in [1.165, 1.54) is 0 Å². The van der Waals surface area contributed by atoms with E-state index < -0.39 is 0 Å². The number of nitrogens with zero attached hydrogens (tertiary/aromatic N) is 2. The van der Waals surface area contributed by atoms with Gasteiger partial charge in [-0.05, 0) is 37.6 Å². The molecule has 0 aliphatic carbocycles. The third-order valence-electron chi connectivity index (χ3n) is 3.87. The first-order valence-electron chi connectivity index (χ1n) is 8.34. The summed E-state index contributed by atoms with van der Waals surface area (Å²) in [6.45, 7) is 6.74. The first-order chi connectivity index (χ1) is 12.0. The van der Waals surface area contributed by atoms with Crippen molar-refractivity contribution >= 4 is 23.7 Å². The summed E-state index contributed by atoms with van der Waals surface area (Å²) in [5.41, 5.74) is 0.947. The van der Waals surface area contributed by atoms with Gasteiger partial charge in [-0.2, -0.15) is 0 Å². The second-order valence-electron chi connectivity index (χ2n) is 5.66. The number of piperazine rings is 1. The van der Waals surface area contributed by atoms with Crippen LogP contribution in [0.4, 0.5) is 9.59 Å². The summed E-state index contributed by atoms with van der Waals surface area (Å²) >= 11 is 5.97. The van der Waals surface area contributed by atoms with Crippen LogP contribution in [-0.2, 0) is 4.74 Å². The number of amides is 3. The van der Waals surface area contributed by atoms with Gasteiger partial charge in [0.05, 0.1) is 13.2 Å². The van der Waals surface area contributed by atoms with Crippen LogP contribution in [0.2, 0.25) is 5.02 Å². The molecule has 0 atom stereocenters. The van der Waals surface area contributed by atoms with Crippen LogP contribution in [0.3, 0.4) is 0 Å². The Morgan fingerprint density at radius 2 is 1.88 bits per heavy atom. The van der Waals surface area contributed by atoms with Crippen LogP contribution < -0.4 is 10.1 Å². The quantitative estimate of drug-likeness (QED) is 0.809. The van der Waals surface area contributed by atoms with Gasteiger partial charge in [-0.3, -0.25) is 0 Å². The van der Waals surface area contributed by atoms with E-state index in [9.17, 15) is 9.59 Å². The average Bonchev–Trinajstić information content (AvgIpc) is 2.62. The molecule has 0 saturated carbocycles. The van der Waals surface area contributed by atoms with Gasteiger partial charge in [0.15, 0.2) is 0 Å². The van der Waals surface area contributed by atoms with Crippen molar-refractivity contribution < 1.29 is 19.1 Å². The second kappa shape index (κ2) is 9.36. The minimum atomic E-state index is -0.325. The van der Waals surface area contributed by atoms with Crippen LogP contribution in [0.5, 0.6) is 5.75 Å². The third kappa shape index (κ3) is 5.70. The number of ether oxygens (including phenoxy) is 2. The third-order valence-corrected chi connectivity index (χ3v) is 4.29. The second-order valence-corrected chi connectivity index (χ2v) is 6.07. The SMILES string of the molecule is CCOC(=O)N1CCN(C(=O)NCCOc2ccc(Cl)c(C)c2)CC1. The molecule has 7 nitrogen and oxygen atoms in total. The van der Waals surface area contributed by atoms with E-state index >= 15 is 0 Å². The maximum atomic E-state index is 12.1. The molecule has 25 heavy (non-hydrogen) atoms. The Balaban J connectivity index is 1.66. The Hall–Kier alpha value is -2.15. The van der Waals surface area contributed by atoms with Gasteiger partial charge < -0.3 is 24.6 Å². The molecule has 0 aromatic heterocycles. The van der Waals surface area contributed by atoms with E-state index in [1.807, 2.05) is 13.0 Å². The fourth-order valence-corrected chi connectivity index (χ4v) is 2.57. The van der Waals surface area contributed by atoms with Gasteiger partial charge in [0.25, 0.3) is 0 Å². The topological polar surface area (TPSA) is 71.1 Å². The van der Waals surface area contributed by atoms with Crippen LogP contribution >= 0.6 is 11.6 Å². The van der Waals surface area contributed by atoms with Crippen LogP contribution in [0.1, 0.15) is 12.5 Å². The van der Waals surface area contributed by atoms with E-state index in [-0.39, 0.29) is 12.1 Å². The van der Waals surface area contributed by atoms with Crippen molar-refractivity contribution in [3.05, 3.63) is 28.8 Å². The maximum Gasteiger partial charge on any atom is 0.409 e. The van der Waals surface area contributed by atoms with Gasteiger partial charge in [0.1, 0.15) is 12.4 Å². The number of hydrogen-bond donors (Lipinski definition) is 1. The zero-order valence-corrected chi connectivity index (χ0v) is 15.3. The van der Waals surface area contributed by atoms with Gasteiger partial charge in [0.2, 0.25) is 0 Å². The molecule has 1 aromatic rings. The Labute approximate surface area is 152 Å². The fourth-order valence-electron chi connectivity index (χ4n) is 2.45. The van der Waals surface area contributed by atoms with Crippen LogP contribution in [0.15, 0.2) is 18.2 Å². The molecule has 138 valence electrons. The van der Waals surface area contributed by atoms with Gasteiger partial charge in [-0.15, -0.1) is 0 Å². The van der Waals surface area contributed by atoms with E-state index in [2.05, 4.69) is 5.32 Å². The van der Waals surface area contributed by atoms with Crippen molar-refractivity contribution in [3.8, 4) is 5.75 Å². The zero-order valence-electron chi connectivity index (χ0n) is 14.6. The molecular weight excluding hydrogens is 346 g/mol. The summed E-state index contributed by atoms with van der Waals surface area (Å²) in [4.78, 5) is 27.0. The molecule has 1 aromatic carbocycles. The highest BCUT2D eigenvalue weighted by Gasteiger charge is 2.24. The lowest BCUT2D eigenvalue weighted by molar-refractivity contribution is 0.0851. The maximum absolute atomic E-state index is 12.1. The molecule has 1 fully saturated rings. The Bertz CT molecular complexity index is 604. The first kappa shape index (κ1) is 19.2. The summed E-state index contributed by atoms with van der Waals surface area (Å²) in [6, 6.07) is 5.29. The molecule has 1 aliphatic heterocycles. The highest BCUT2D eigenvalue weighted by atomic mass is 35.5. The van der Waals surface area contributed by atoms with E-state index in [0.29, 0.717) is 51.0 Å². The summed E-state index contributed by atoms with van der Waals surface area (Å²) in [5.74, 6) is 0.721. The standard InChI is InChI=1S/C17H24ClN3O4/c1-3-24-17(23)21-9-7-20(8-10-21)16(22)19-6-11-25-14-4-5-15(18)13(2)12-14/h4-5,12H,3,6-11H2,1-2H3,(H,19,22).